The Bertz CT molecular complexity index is 647. The zero-order chi connectivity index (χ0) is 16.3. The molecule has 7 nitrogen and oxygen atoms in total. The molecule has 0 spiro atoms. The third-order valence-electron chi connectivity index (χ3n) is 3.66. The number of carbonyl (C=O) groups is 1. The molecule has 1 saturated heterocycles. The molecule has 1 aliphatic rings. The van der Waals surface area contributed by atoms with Crippen LogP contribution in [0, 0.1) is 0 Å². The zero-order valence-electron chi connectivity index (χ0n) is 13.0. The Balaban J connectivity index is 0.00000264. The van der Waals surface area contributed by atoms with Gasteiger partial charge in [-0.1, -0.05) is 6.42 Å². The van der Waals surface area contributed by atoms with Crippen molar-refractivity contribution in [3.8, 4) is 5.75 Å². The van der Waals surface area contributed by atoms with Gasteiger partial charge in [0.15, 0.2) is 9.96 Å². The predicted molar refractivity (Wildman–Crippen MR) is 90.0 cm³/mol. The lowest BCUT2D eigenvalue weighted by Gasteiger charge is -2.33. The number of methoxy groups -OCH3 is 2. The predicted octanol–water partition coefficient (Wildman–Crippen LogP) is 1.47. The van der Waals surface area contributed by atoms with Gasteiger partial charge < -0.3 is 15.2 Å². The number of rotatable bonds is 5. The van der Waals surface area contributed by atoms with E-state index in [1.54, 1.807) is 0 Å². The average Bonchev–Trinajstić information content (AvgIpc) is 2.99. The van der Waals surface area contributed by atoms with Crippen molar-refractivity contribution in [2.75, 3.05) is 27.3 Å². The molecular formula is C13H21ClN2O5S2. The molecule has 10 heteroatoms. The Morgan fingerprint density at radius 2 is 2.13 bits per heavy atom. The van der Waals surface area contributed by atoms with Crippen molar-refractivity contribution in [1.29, 1.82) is 0 Å². The number of piperidine rings is 1. The van der Waals surface area contributed by atoms with Crippen molar-refractivity contribution < 1.29 is 22.7 Å². The van der Waals surface area contributed by atoms with Gasteiger partial charge in [-0.05, 0) is 12.8 Å². The standard InChI is InChI=1S/C13H20N2O5S2.ClH/c1-19-10-7-11(12(16)20-2)21-13(10)22(17,18)15-6-4-3-5-9(15)8-14;/h7,9H,3-6,8,14H2,1-2H3;1H. The van der Waals surface area contributed by atoms with Gasteiger partial charge in [-0.15, -0.1) is 23.7 Å². The first kappa shape index (κ1) is 20.2. The van der Waals surface area contributed by atoms with Gasteiger partial charge in [-0.3, -0.25) is 0 Å². The van der Waals surface area contributed by atoms with E-state index in [1.165, 1.54) is 24.6 Å². The van der Waals surface area contributed by atoms with Crippen LogP contribution < -0.4 is 10.5 Å². The lowest BCUT2D eigenvalue weighted by molar-refractivity contribution is 0.0606. The summed E-state index contributed by atoms with van der Waals surface area (Å²) < 4.78 is 37.0. The number of hydrogen-bond donors (Lipinski definition) is 1. The number of esters is 1. The second kappa shape index (κ2) is 8.29. The van der Waals surface area contributed by atoms with Crippen LogP contribution in [0.25, 0.3) is 0 Å². The van der Waals surface area contributed by atoms with Gasteiger partial charge in [0.2, 0.25) is 0 Å². The van der Waals surface area contributed by atoms with E-state index in [1.807, 2.05) is 0 Å². The molecule has 1 aliphatic heterocycles. The van der Waals surface area contributed by atoms with Gasteiger partial charge in [0.05, 0.1) is 14.2 Å². The van der Waals surface area contributed by atoms with Crippen LogP contribution >= 0.6 is 23.7 Å². The van der Waals surface area contributed by atoms with Crippen LogP contribution in [-0.2, 0) is 14.8 Å². The topological polar surface area (TPSA) is 98.9 Å². The first-order chi connectivity index (χ1) is 10.5. The van der Waals surface area contributed by atoms with Crippen LogP contribution in [0.5, 0.6) is 5.75 Å². The van der Waals surface area contributed by atoms with Gasteiger partial charge in [0.1, 0.15) is 4.88 Å². The van der Waals surface area contributed by atoms with Crippen LogP contribution in [0.3, 0.4) is 0 Å². The van der Waals surface area contributed by atoms with Crippen molar-refractivity contribution in [2.24, 2.45) is 5.73 Å². The summed E-state index contributed by atoms with van der Waals surface area (Å²) >= 11 is 0.860. The number of hydrogen-bond acceptors (Lipinski definition) is 7. The number of thiophene rings is 1. The molecule has 1 fully saturated rings. The third kappa shape index (κ3) is 3.97. The Hall–Kier alpha value is -0.870. The maximum atomic E-state index is 12.9. The molecule has 1 atom stereocenters. The maximum Gasteiger partial charge on any atom is 0.348 e. The summed E-state index contributed by atoms with van der Waals surface area (Å²) in [5.41, 5.74) is 5.71. The first-order valence-corrected chi connectivity index (χ1v) is 9.19. The number of nitrogens with two attached hydrogens (primary N) is 1. The second-order valence-corrected chi connectivity index (χ2v) is 8.10. The van der Waals surface area contributed by atoms with Crippen molar-refractivity contribution in [3.05, 3.63) is 10.9 Å². The summed E-state index contributed by atoms with van der Waals surface area (Å²) in [7, 11) is -1.13. The molecule has 132 valence electrons. The molecule has 2 N–H and O–H groups in total. The molecule has 1 unspecified atom stereocenters. The average molecular weight is 385 g/mol. The van der Waals surface area contributed by atoms with E-state index in [0.717, 1.165) is 30.6 Å². The lowest BCUT2D eigenvalue weighted by atomic mass is 10.1. The van der Waals surface area contributed by atoms with Crippen LogP contribution in [0.2, 0.25) is 0 Å². The van der Waals surface area contributed by atoms with Gasteiger partial charge in [0.25, 0.3) is 10.0 Å². The summed E-state index contributed by atoms with van der Waals surface area (Å²) in [5, 5.41) is 0. The van der Waals surface area contributed by atoms with Crippen molar-refractivity contribution in [2.45, 2.75) is 29.5 Å². The number of nitrogens with zero attached hydrogens (tertiary/aromatic N) is 1. The molecule has 0 aliphatic carbocycles. The van der Waals surface area contributed by atoms with E-state index in [-0.39, 0.29) is 39.8 Å². The fourth-order valence-corrected chi connectivity index (χ4v) is 5.83. The van der Waals surface area contributed by atoms with E-state index in [4.69, 9.17) is 10.5 Å². The van der Waals surface area contributed by atoms with Gasteiger partial charge in [0, 0.05) is 25.2 Å². The quantitative estimate of drug-likeness (QED) is 0.771. The highest BCUT2D eigenvalue weighted by atomic mass is 35.5. The fraction of sp³-hybridized carbons (Fsp3) is 0.615. The Kier molecular flexibility index (Phi) is 7.28. The molecule has 0 bridgehead atoms. The van der Waals surface area contributed by atoms with Crippen molar-refractivity contribution >= 4 is 39.7 Å². The lowest BCUT2D eigenvalue weighted by Crippen LogP contribution is -2.47. The second-order valence-electron chi connectivity index (χ2n) is 4.96. The third-order valence-corrected chi connectivity index (χ3v) is 7.20. The highest BCUT2D eigenvalue weighted by molar-refractivity contribution is 7.91. The molecule has 2 heterocycles. The molecular weight excluding hydrogens is 364 g/mol. The van der Waals surface area contributed by atoms with Crippen LogP contribution in [0.15, 0.2) is 10.3 Å². The Labute approximate surface area is 146 Å². The molecule has 1 aromatic rings. The largest absolute Gasteiger partial charge is 0.494 e. The molecule has 23 heavy (non-hydrogen) atoms. The first-order valence-electron chi connectivity index (χ1n) is 6.93. The fourth-order valence-electron chi connectivity index (χ4n) is 2.51. The monoisotopic (exact) mass is 384 g/mol. The molecule has 0 amide bonds. The summed E-state index contributed by atoms with van der Waals surface area (Å²) in [6.45, 7) is 0.704. The van der Waals surface area contributed by atoms with Crippen LogP contribution in [0.1, 0.15) is 28.9 Å². The smallest absolute Gasteiger partial charge is 0.348 e. The van der Waals surface area contributed by atoms with Gasteiger partial charge >= 0.3 is 5.97 Å². The van der Waals surface area contributed by atoms with E-state index >= 15 is 0 Å². The maximum absolute atomic E-state index is 12.9. The molecule has 1 aromatic heterocycles. The van der Waals surface area contributed by atoms with E-state index in [0.29, 0.717) is 6.54 Å². The molecule has 0 radical (unpaired) electrons. The zero-order valence-corrected chi connectivity index (χ0v) is 15.4. The summed E-state index contributed by atoms with van der Waals surface area (Å²) in [6.07, 6.45) is 2.50. The molecule has 0 saturated carbocycles. The number of halogens is 1. The SMILES string of the molecule is COC(=O)c1cc(OC)c(S(=O)(=O)N2CCCCC2CN)s1.Cl. The summed E-state index contributed by atoms with van der Waals surface area (Å²) in [6, 6.07) is 1.18. The van der Waals surface area contributed by atoms with Gasteiger partial charge in [-0.2, -0.15) is 4.31 Å². The van der Waals surface area contributed by atoms with Gasteiger partial charge in [-0.25, -0.2) is 13.2 Å². The highest BCUT2D eigenvalue weighted by Crippen LogP contribution is 2.37. The minimum atomic E-state index is -3.75. The number of carbonyl (C=O) groups excluding carboxylic acids is 1. The van der Waals surface area contributed by atoms with Crippen LogP contribution in [-0.4, -0.2) is 52.0 Å². The highest BCUT2D eigenvalue weighted by Gasteiger charge is 2.36. The summed E-state index contributed by atoms with van der Waals surface area (Å²) in [5.74, 6) is -0.425. The van der Waals surface area contributed by atoms with E-state index in [9.17, 15) is 13.2 Å². The minimum absolute atomic E-state index is 0. The number of ether oxygens (including phenoxy) is 2. The Morgan fingerprint density at radius 3 is 2.70 bits per heavy atom. The number of sulfonamides is 1. The minimum Gasteiger partial charge on any atom is -0.494 e. The van der Waals surface area contributed by atoms with Crippen molar-refractivity contribution in [1.82, 2.24) is 4.31 Å². The normalized spacial score (nSPS) is 19.0. The van der Waals surface area contributed by atoms with E-state index < -0.39 is 16.0 Å². The van der Waals surface area contributed by atoms with Crippen molar-refractivity contribution in [3.63, 3.8) is 0 Å². The van der Waals surface area contributed by atoms with Crippen LogP contribution in [0.4, 0.5) is 0 Å². The van der Waals surface area contributed by atoms with E-state index in [2.05, 4.69) is 4.74 Å². The molecule has 2 rings (SSSR count). The summed E-state index contributed by atoms with van der Waals surface area (Å²) in [4.78, 5) is 11.8. The molecule has 0 aromatic carbocycles. The Morgan fingerprint density at radius 1 is 1.43 bits per heavy atom.